The molecule has 3 nitrogen and oxygen atoms in total. The molecular formula is C12H15BrO3. The molecule has 0 radical (unpaired) electrons. The molecule has 0 fully saturated rings. The van der Waals surface area contributed by atoms with Crippen LogP contribution >= 0.6 is 15.9 Å². The number of hydrogen-bond acceptors (Lipinski definition) is 3. The van der Waals surface area contributed by atoms with Crippen LogP contribution in [0.2, 0.25) is 0 Å². The minimum Gasteiger partial charge on any atom is -0.496 e. The number of aryl methyl sites for hydroxylation is 1. The Morgan fingerprint density at radius 2 is 2.19 bits per heavy atom. The third-order valence-electron chi connectivity index (χ3n) is 2.14. The first-order valence-corrected chi connectivity index (χ1v) is 5.94. The van der Waals surface area contributed by atoms with Gasteiger partial charge in [0.25, 0.3) is 0 Å². The summed E-state index contributed by atoms with van der Waals surface area (Å²) >= 11 is 3.40. The fourth-order valence-electron chi connectivity index (χ4n) is 1.34. The SMILES string of the molecule is CCOC(=O)CCc1ccc(OC)c(Br)c1. The molecule has 88 valence electrons. The maximum absolute atomic E-state index is 11.2. The molecule has 0 aliphatic carbocycles. The average molecular weight is 287 g/mol. The number of rotatable bonds is 5. The van der Waals surface area contributed by atoms with Crippen molar-refractivity contribution >= 4 is 21.9 Å². The first-order valence-electron chi connectivity index (χ1n) is 5.15. The minimum absolute atomic E-state index is 0.158. The number of hydrogen-bond donors (Lipinski definition) is 0. The van der Waals surface area contributed by atoms with Crippen LogP contribution in [0.25, 0.3) is 0 Å². The Hall–Kier alpha value is -1.03. The smallest absolute Gasteiger partial charge is 0.306 e. The highest BCUT2D eigenvalue weighted by molar-refractivity contribution is 9.10. The van der Waals surface area contributed by atoms with Gasteiger partial charge >= 0.3 is 5.97 Å². The van der Waals surface area contributed by atoms with Crippen LogP contribution in [-0.2, 0) is 16.0 Å². The summed E-state index contributed by atoms with van der Waals surface area (Å²) in [6, 6.07) is 5.78. The molecule has 0 saturated heterocycles. The van der Waals surface area contributed by atoms with Gasteiger partial charge in [0.05, 0.1) is 18.2 Å². The summed E-state index contributed by atoms with van der Waals surface area (Å²) in [5.74, 6) is 0.634. The van der Waals surface area contributed by atoms with Gasteiger partial charge in [-0.25, -0.2) is 0 Å². The number of esters is 1. The Balaban J connectivity index is 2.55. The average Bonchev–Trinajstić information content (AvgIpc) is 2.27. The molecule has 0 atom stereocenters. The van der Waals surface area contributed by atoms with Crippen molar-refractivity contribution in [2.45, 2.75) is 19.8 Å². The van der Waals surface area contributed by atoms with Gasteiger partial charge in [-0.3, -0.25) is 4.79 Å². The van der Waals surface area contributed by atoms with E-state index in [1.54, 1.807) is 7.11 Å². The van der Waals surface area contributed by atoms with Crippen LogP contribution in [0.5, 0.6) is 5.75 Å². The zero-order chi connectivity index (χ0) is 12.0. The monoisotopic (exact) mass is 286 g/mol. The van der Waals surface area contributed by atoms with Crippen LogP contribution in [0.15, 0.2) is 22.7 Å². The van der Waals surface area contributed by atoms with Crippen molar-refractivity contribution in [2.24, 2.45) is 0 Å². The molecule has 0 N–H and O–H groups in total. The van der Waals surface area contributed by atoms with Crippen molar-refractivity contribution in [3.63, 3.8) is 0 Å². The van der Waals surface area contributed by atoms with Crippen molar-refractivity contribution in [3.05, 3.63) is 28.2 Å². The lowest BCUT2D eigenvalue weighted by Crippen LogP contribution is -2.05. The molecule has 16 heavy (non-hydrogen) atoms. The summed E-state index contributed by atoms with van der Waals surface area (Å²) in [6.07, 6.45) is 1.09. The van der Waals surface area contributed by atoms with Gasteiger partial charge in [0, 0.05) is 6.42 Å². The second-order valence-corrected chi connectivity index (χ2v) is 4.13. The second kappa shape index (κ2) is 6.53. The summed E-state index contributed by atoms with van der Waals surface area (Å²) < 4.78 is 10.9. The highest BCUT2D eigenvalue weighted by Gasteiger charge is 2.05. The fraction of sp³-hybridized carbons (Fsp3) is 0.417. The maximum Gasteiger partial charge on any atom is 0.306 e. The summed E-state index contributed by atoms with van der Waals surface area (Å²) in [5.41, 5.74) is 1.08. The topological polar surface area (TPSA) is 35.5 Å². The Bertz CT molecular complexity index is 363. The van der Waals surface area contributed by atoms with E-state index in [2.05, 4.69) is 15.9 Å². The number of carbonyl (C=O) groups excluding carboxylic acids is 1. The van der Waals surface area contributed by atoms with Crippen LogP contribution in [-0.4, -0.2) is 19.7 Å². The number of carbonyl (C=O) groups is 1. The fourth-order valence-corrected chi connectivity index (χ4v) is 1.93. The molecule has 0 unspecified atom stereocenters. The molecular weight excluding hydrogens is 272 g/mol. The zero-order valence-electron chi connectivity index (χ0n) is 9.46. The van der Waals surface area contributed by atoms with Gasteiger partial charge in [0.15, 0.2) is 0 Å². The Morgan fingerprint density at radius 3 is 2.75 bits per heavy atom. The maximum atomic E-state index is 11.2. The number of halogens is 1. The second-order valence-electron chi connectivity index (χ2n) is 3.27. The molecule has 0 heterocycles. The summed E-state index contributed by atoms with van der Waals surface area (Å²) in [5, 5.41) is 0. The quantitative estimate of drug-likeness (QED) is 0.781. The van der Waals surface area contributed by atoms with Crippen molar-refractivity contribution in [2.75, 3.05) is 13.7 Å². The summed E-state index contributed by atoms with van der Waals surface area (Å²) in [7, 11) is 1.62. The normalized spacial score (nSPS) is 9.94. The van der Waals surface area contributed by atoms with Gasteiger partial charge in [-0.15, -0.1) is 0 Å². The summed E-state index contributed by atoms with van der Waals surface area (Å²) in [4.78, 5) is 11.2. The molecule has 0 bridgehead atoms. The van der Waals surface area contributed by atoms with Crippen molar-refractivity contribution < 1.29 is 14.3 Å². The lowest BCUT2D eigenvalue weighted by atomic mass is 10.1. The number of benzene rings is 1. The molecule has 0 aliphatic heterocycles. The van der Waals surface area contributed by atoms with Gasteiger partial charge in [0.2, 0.25) is 0 Å². The van der Waals surface area contributed by atoms with E-state index in [1.807, 2.05) is 25.1 Å². The highest BCUT2D eigenvalue weighted by atomic mass is 79.9. The van der Waals surface area contributed by atoms with E-state index < -0.39 is 0 Å². The standard InChI is InChI=1S/C12H15BrO3/c1-3-16-12(14)7-5-9-4-6-11(15-2)10(13)8-9/h4,6,8H,3,5,7H2,1-2H3. The molecule has 1 aromatic carbocycles. The van der Waals surface area contributed by atoms with Gasteiger partial charge in [0.1, 0.15) is 5.75 Å². The van der Waals surface area contributed by atoms with Crippen molar-refractivity contribution in [1.29, 1.82) is 0 Å². The minimum atomic E-state index is -0.158. The Kier molecular flexibility index (Phi) is 5.32. The number of methoxy groups -OCH3 is 1. The van der Waals surface area contributed by atoms with Gasteiger partial charge in [-0.2, -0.15) is 0 Å². The highest BCUT2D eigenvalue weighted by Crippen LogP contribution is 2.25. The molecule has 0 spiro atoms. The molecule has 1 aromatic rings. The van der Waals surface area contributed by atoms with Crippen molar-refractivity contribution in [3.8, 4) is 5.75 Å². The number of ether oxygens (including phenoxy) is 2. The van der Waals surface area contributed by atoms with Crippen molar-refractivity contribution in [1.82, 2.24) is 0 Å². The van der Waals surface area contributed by atoms with E-state index in [-0.39, 0.29) is 5.97 Å². The van der Waals surface area contributed by atoms with E-state index in [4.69, 9.17) is 9.47 Å². The molecule has 0 aromatic heterocycles. The van der Waals surface area contributed by atoms with E-state index in [0.717, 1.165) is 15.8 Å². The first kappa shape index (κ1) is 13.0. The third-order valence-corrected chi connectivity index (χ3v) is 2.76. The van der Waals surface area contributed by atoms with Crippen LogP contribution in [0.4, 0.5) is 0 Å². The van der Waals surface area contributed by atoms with Crippen LogP contribution in [0, 0.1) is 0 Å². The van der Waals surface area contributed by atoms with Gasteiger partial charge in [-0.05, 0) is 47.0 Å². The van der Waals surface area contributed by atoms with Gasteiger partial charge in [-0.1, -0.05) is 6.07 Å². The predicted molar refractivity (Wildman–Crippen MR) is 65.6 cm³/mol. The molecule has 4 heteroatoms. The third kappa shape index (κ3) is 3.85. The predicted octanol–water partition coefficient (Wildman–Crippen LogP) is 2.95. The van der Waals surface area contributed by atoms with E-state index in [9.17, 15) is 4.79 Å². The van der Waals surface area contributed by atoms with Crippen LogP contribution in [0.1, 0.15) is 18.9 Å². The largest absolute Gasteiger partial charge is 0.496 e. The van der Waals surface area contributed by atoms with E-state index >= 15 is 0 Å². The van der Waals surface area contributed by atoms with Crippen LogP contribution in [0.3, 0.4) is 0 Å². The van der Waals surface area contributed by atoms with E-state index in [0.29, 0.717) is 19.4 Å². The zero-order valence-corrected chi connectivity index (χ0v) is 11.0. The molecule has 0 aliphatic rings. The molecule has 0 amide bonds. The first-order chi connectivity index (χ1) is 7.67. The van der Waals surface area contributed by atoms with Crippen LogP contribution < -0.4 is 4.74 Å². The van der Waals surface area contributed by atoms with Gasteiger partial charge < -0.3 is 9.47 Å². The summed E-state index contributed by atoms with van der Waals surface area (Å²) in [6.45, 7) is 2.24. The van der Waals surface area contributed by atoms with E-state index in [1.165, 1.54) is 0 Å². The molecule has 0 saturated carbocycles. The Morgan fingerprint density at radius 1 is 1.44 bits per heavy atom. The Labute approximate surface area is 104 Å². The lowest BCUT2D eigenvalue weighted by molar-refractivity contribution is -0.143. The molecule has 1 rings (SSSR count). The lowest BCUT2D eigenvalue weighted by Gasteiger charge is -2.06.